The second kappa shape index (κ2) is 13.0. The average Bonchev–Trinajstić information content (AvgIpc) is 2.72. The van der Waals surface area contributed by atoms with Gasteiger partial charge in [-0.2, -0.15) is 0 Å². The zero-order chi connectivity index (χ0) is 28.9. The van der Waals surface area contributed by atoms with Crippen LogP contribution in [0.5, 0.6) is 0 Å². The van der Waals surface area contributed by atoms with Crippen molar-refractivity contribution in [1.29, 1.82) is 0 Å². The van der Waals surface area contributed by atoms with Gasteiger partial charge in [-0.25, -0.2) is 0 Å². The van der Waals surface area contributed by atoms with Crippen molar-refractivity contribution in [2.75, 3.05) is 13.7 Å². The molecular formula is C28H58O6Si2. The molecule has 0 spiro atoms. The van der Waals surface area contributed by atoms with Gasteiger partial charge in [0.15, 0.2) is 16.6 Å². The highest BCUT2D eigenvalue weighted by Gasteiger charge is 2.49. The Labute approximate surface area is 224 Å². The monoisotopic (exact) mass is 546 g/mol. The first kappa shape index (κ1) is 35.5. The van der Waals surface area contributed by atoms with Gasteiger partial charge in [0, 0.05) is 17.9 Å². The first-order chi connectivity index (χ1) is 16.0. The van der Waals surface area contributed by atoms with Crippen molar-refractivity contribution in [3.63, 3.8) is 0 Å². The minimum absolute atomic E-state index is 0.000896. The molecule has 0 aliphatic heterocycles. The van der Waals surface area contributed by atoms with E-state index in [1.807, 2.05) is 20.8 Å². The van der Waals surface area contributed by atoms with Gasteiger partial charge in [0.05, 0.1) is 25.7 Å². The number of carbonyl (C=O) groups excluding carboxylic acids is 2. The molecule has 0 unspecified atom stereocenters. The van der Waals surface area contributed by atoms with Crippen molar-refractivity contribution in [2.45, 2.75) is 137 Å². The predicted octanol–water partition coefficient (Wildman–Crippen LogP) is 6.97. The molecule has 6 nitrogen and oxygen atoms in total. The molecule has 0 amide bonds. The molecule has 0 aromatic carbocycles. The van der Waals surface area contributed by atoms with Gasteiger partial charge in [-0.15, -0.1) is 0 Å². The highest BCUT2D eigenvalue weighted by Crippen LogP contribution is 2.44. The quantitative estimate of drug-likeness (QED) is 0.187. The standard InChI is InChI=1S/C28H58O6Si2/c1-20(17-16-18-29)24(34-36(14,15)27(6,7)8)21(2)25(31)28(9,10)22(19-23(30)32-11)33-35(12,13)26(3,4)5/h20-22,24,29H,16-19H2,1-15H3/t20-,21+,22-,24-/m0/s1. The first-order valence-corrected chi connectivity index (χ1v) is 19.4. The van der Waals surface area contributed by atoms with Gasteiger partial charge >= 0.3 is 5.97 Å². The molecule has 0 rings (SSSR count). The number of hydrogen-bond acceptors (Lipinski definition) is 6. The number of aliphatic hydroxyl groups is 1. The largest absolute Gasteiger partial charge is 0.469 e. The Balaban J connectivity index is 6.37. The Hall–Kier alpha value is -0.546. The van der Waals surface area contributed by atoms with E-state index >= 15 is 0 Å². The Morgan fingerprint density at radius 3 is 1.67 bits per heavy atom. The van der Waals surface area contributed by atoms with E-state index < -0.39 is 34.1 Å². The molecule has 0 saturated heterocycles. The van der Waals surface area contributed by atoms with Crippen LogP contribution in [-0.2, 0) is 23.2 Å². The summed E-state index contributed by atoms with van der Waals surface area (Å²) >= 11 is 0. The van der Waals surface area contributed by atoms with Crippen LogP contribution in [-0.4, -0.2) is 59.4 Å². The molecule has 0 aliphatic rings. The van der Waals surface area contributed by atoms with Gasteiger partial charge < -0.3 is 18.7 Å². The Bertz CT molecular complexity index is 719. The van der Waals surface area contributed by atoms with E-state index in [1.54, 1.807) is 0 Å². The first-order valence-electron chi connectivity index (χ1n) is 13.5. The second-order valence-electron chi connectivity index (χ2n) is 14.2. The SMILES string of the molecule is COC(=O)C[C@H](O[Si](C)(C)C(C)(C)C)C(C)(C)C(=O)[C@H](C)[C@@H](O[Si](C)(C)C(C)(C)C)[C@@H](C)CCCO. The van der Waals surface area contributed by atoms with Crippen LogP contribution in [0.3, 0.4) is 0 Å². The minimum atomic E-state index is -2.28. The number of rotatable bonds is 14. The lowest BCUT2D eigenvalue weighted by atomic mass is 9.73. The van der Waals surface area contributed by atoms with Crippen molar-refractivity contribution in [3.8, 4) is 0 Å². The normalized spacial score (nSPS) is 17.3. The number of hydrogen-bond donors (Lipinski definition) is 1. The summed E-state index contributed by atoms with van der Waals surface area (Å²) in [5, 5.41) is 9.36. The number of esters is 1. The number of aliphatic hydroxyl groups excluding tert-OH is 1. The minimum Gasteiger partial charge on any atom is -0.469 e. The van der Waals surface area contributed by atoms with E-state index in [0.717, 1.165) is 6.42 Å². The number of methoxy groups -OCH3 is 1. The van der Waals surface area contributed by atoms with Crippen molar-refractivity contribution in [2.24, 2.45) is 17.3 Å². The van der Waals surface area contributed by atoms with E-state index in [0.29, 0.717) is 6.42 Å². The fraction of sp³-hybridized carbons (Fsp3) is 0.929. The zero-order valence-corrected chi connectivity index (χ0v) is 28.1. The molecule has 1 N–H and O–H groups in total. The van der Waals surface area contributed by atoms with Gasteiger partial charge in [0.2, 0.25) is 0 Å². The van der Waals surface area contributed by atoms with Gasteiger partial charge in [0.25, 0.3) is 0 Å². The van der Waals surface area contributed by atoms with Crippen LogP contribution in [0.15, 0.2) is 0 Å². The van der Waals surface area contributed by atoms with E-state index in [-0.39, 0.29) is 46.9 Å². The molecule has 0 heterocycles. The van der Waals surface area contributed by atoms with Crippen molar-refractivity contribution >= 4 is 28.4 Å². The lowest BCUT2D eigenvalue weighted by molar-refractivity contribution is -0.148. The number of carbonyl (C=O) groups is 2. The fourth-order valence-electron chi connectivity index (χ4n) is 3.91. The molecule has 0 saturated carbocycles. The molecule has 0 aliphatic carbocycles. The maximum absolute atomic E-state index is 14.2. The van der Waals surface area contributed by atoms with Crippen LogP contribution in [0.2, 0.25) is 36.3 Å². The summed E-state index contributed by atoms with van der Waals surface area (Å²) in [6.07, 6.45) is 0.600. The predicted molar refractivity (Wildman–Crippen MR) is 154 cm³/mol. The summed E-state index contributed by atoms with van der Waals surface area (Å²) in [5.41, 5.74) is -0.922. The van der Waals surface area contributed by atoms with Gasteiger partial charge in [-0.3, -0.25) is 9.59 Å². The van der Waals surface area contributed by atoms with E-state index in [4.69, 9.17) is 13.6 Å². The third-order valence-electron chi connectivity index (χ3n) is 8.78. The maximum atomic E-state index is 14.2. The summed E-state index contributed by atoms with van der Waals surface area (Å²) < 4.78 is 18.6. The molecule has 0 bridgehead atoms. The summed E-state index contributed by atoms with van der Waals surface area (Å²) in [7, 11) is -3.08. The molecule has 4 atom stereocenters. The molecule has 8 heteroatoms. The summed E-state index contributed by atoms with van der Waals surface area (Å²) in [5.74, 6) is -0.639. The topological polar surface area (TPSA) is 82.1 Å². The highest BCUT2D eigenvalue weighted by atomic mass is 28.4. The highest BCUT2D eigenvalue weighted by molar-refractivity contribution is 6.74. The van der Waals surface area contributed by atoms with Gasteiger partial charge in [0.1, 0.15) is 5.78 Å². The Morgan fingerprint density at radius 1 is 0.833 bits per heavy atom. The Kier molecular flexibility index (Phi) is 12.8. The van der Waals surface area contributed by atoms with Crippen LogP contribution in [0, 0.1) is 17.3 Å². The number of Topliss-reactive ketones (excluding diaryl/α,β-unsaturated/α-hetero) is 1. The molecular weight excluding hydrogens is 488 g/mol. The third kappa shape index (κ3) is 9.33. The zero-order valence-electron chi connectivity index (χ0n) is 26.1. The summed E-state index contributed by atoms with van der Waals surface area (Å²) in [6, 6.07) is 0. The molecule has 0 aromatic heterocycles. The van der Waals surface area contributed by atoms with Crippen LogP contribution >= 0.6 is 0 Å². The van der Waals surface area contributed by atoms with Crippen molar-refractivity contribution in [3.05, 3.63) is 0 Å². The van der Waals surface area contributed by atoms with Gasteiger partial charge in [-0.05, 0) is 55.0 Å². The molecule has 0 radical (unpaired) electrons. The fourth-order valence-corrected chi connectivity index (χ4v) is 6.82. The van der Waals surface area contributed by atoms with E-state index in [9.17, 15) is 14.7 Å². The average molecular weight is 547 g/mol. The lowest BCUT2D eigenvalue weighted by Gasteiger charge is -2.46. The molecule has 36 heavy (non-hydrogen) atoms. The van der Waals surface area contributed by atoms with Crippen molar-refractivity contribution in [1.82, 2.24) is 0 Å². The second-order valence-corrected chi connectivity index (χ2v) is 23.7. The van der Waals surface area contributed by atoms with Crippen LogP contribution < -0.4 is 0 Å². The molecule has 0 fully saturated rings. The Morgan fingerprint density at radius 2 is 1.28 bits per heavy atom. The van der Waals surface area contributed by atoms with Crippen LogP contribution in [0.25, 0.3) is 0 Å². The molecule has 0 aromatic rings. The lowest BCUT2D eigenvalue weighted by Crippen LogP contribution is -2.54. The van der Waals surface area contributed by atoms with Crippen LogP contribution in [0.1, 0.15) is 88.5 Å². The summed E-state index contributed by atoms with van der Waals surface area (Å²) in [4.78, 5) is 26.7. The molecule has 214 valence electrons. The third-order valence-corrected chi connectivity index (χ3v) is 17.7. The summed E-state index contributed by atoms with van der Waals surface area (Å²) in [6.45, 7) is 29.7. The number of ketones is 1. The van der Waals surface area contributed by atoms with Crippen molar-refractivity contribution < 1.29 is 28.3 Å². The van der Waals surface area contributed by atoms with Crippen LogP contribution in [0.4, 0.5) is 0 Å². The smallest absolute Gasteiger partial charge is 0.308 e. The van der Waals surface area contributed by atoms with E-state index in [1.165, 1.54) is 7.11 Å². The maximum Gasteiger partial charge on any atom is 0.308 e. The van der Waals surface area contributed by atoms with Gasteiger partial charge in [-0.1, -0.05) is 69.2 Å². The van der Waals surface area contributed by atoms with E-state index in [2.05, 4.69) is 74.7 Å². The number of ether oxygens (including phenoxy) is 1.